The van der Waals surface area contributed by atoms with Gasteiger partial charge in [-0.1, -0.05) is 42.5 Å². The summed E-state index contributed by atoms with van der Waals surface area (Å²) in [6.07, 6.45) is 10.8. The second kappa shape index (κ2) is 8.83. The summed E-state index contributed by atoms with van der Waals surface area (Å²) >= 11 is 0. The van der Waals surface area contributed by atoms with E-state index in [9.17, 15) is 4.79 Å². The van der Waals surface area contributed by atoms with Gasteiger partial charge in [0, 0.05) is 51.3 Å². The Bertz CT molecular complexity index is 987. The van der Waals surface area contributed by atoms with E-state index in [1.807, 2.05) is 0 Å². The molecule has 0 bridgehead atoms. The van der Waals surface area contributed by atoms with E-state index in [0.717, 1.165) is 64.5 Å². The number of guanidine groups is 1. The van der Waals surface area contributed by atoms with Crippen LogP contribution in [0.3, 0.4) is 0 Å². The minimum absolute atomic E-state index is 0.300. The summed E-state index contributed by atoms with van der Waals surface area (Å²) in [5.41, 5.74) is 6.61. The lowest BCUT2D eigenvalue weighted by atomic mass is 9.97. The van der Waals surface area contributed by atoms with E-state index in [0.29, 0.717) is 18.7 Å². The number of aryl methyl sites for hydroxylation is 1. The smallest absolute Gasteiger partial charge is 0.201 e. The minimum Gasteiger partial charge on any atom is -0.331 e. The molecule has 1 aromatic rings. The van der Waals surface area contributed by atoms with Crippen molar-refractivity contribution in [3.05, 3.63) is 70.5 Å². The summed E-state index contributed by atoms with van der Waals surface area (Å²) in [5.74, 6) is 1.30. The van der Waals surface area contributed by atoms with Crippen molar-refractivity contribution >= 4 is 11.7 Å². The first-order chi connectivity index (χ1) is 15.2. The molecule has 0 saturated heterocycles. The Hall–Kier alpha value is -2.66. The molecular formula is C26H32N4O. The van der Waals surface area contributed by atoms with Crippen LogP contribution in [0.25, 0.3) is 0 Å². The van der Waals surface area contributed by atoms with Gasteiger partial charge in [0.05, 0.1) is 13.1 Å². The standard InChI is InChI=1S/C26H32N4O/c1-20-7-5-6-10-22(20)18-29-19-24(31)15-23-17-28(16-21-8-3-2-4-9-21)13-11-25(23)30-14-12-27-26(29)30/h3,5-10H,2,4,11-19H2,1H3. The predicted octanol–water partition coefficient (Wildman–Crippen LogP) is 3.68. The van der Waals surface area contributed by atoms with Gasteiger partial charge in [-0.05, 0) is 42.0 Å². The molecule has 1 aromatic carbocycles. The van der Waals surface area contributed by atoms with Crippen molar-refractivity contribution in [3.8, 4) is 0 Å². The van der Waals surface area contributed by atoms with Gasteiger partial charge in [-0.15, -0.1) is 0 Å². The summed E-state index contributed by atoms with van der Waals surface area (Å²) in [5, 5.41) is 0. The third-order valence-electron chi connectivity index (χ3n) is 6.79. The molecule has 0 spiro atoms. The molecule has 3 aliphatic heterocycles. The van der Waals surface area contributed by atoms with Crippen LogP contribution in [0.1, 0.15) is 36.8 Å². The highest BCUT2D eigenvalue weighted by atomic mass is 16.1. The van der Waals surface area contributed by atoms with Crippen LogP contribution in [0.2, 0.25) is 0 Å². The number of benzene rings is 1. The topological polar surface area (TPSA) is 39.2 Å². The number of hydrogen-bond acceptors (Lipinski definition) is 5. The number of allylic oxidation sites excluding steroid dienone is 2. The number of aliphatic imine (C=N–C) groups is 1. The van der Waals surface area contributed by atoms with Crippen LogP contribution in [0.4, 0.5) is 0 Å². The van der Waals surface area contributed by atoms with Gasteiger partial charge in [-0.2, -0.15) is 0 Å². The maximum absolute atomic E-state index is 13.1. The lowest BCUT2D eigenvalue weighted by Crippen LogP contribution is -2.48. The molecule has 5 nitrogen and oxygen atoms in total. The first-order valence-corrected chi connectivity index (χ1v) is 11.6. The predicted molar refractivity (Wildman–Crippen MR) is 125 cm³/mol. The van der Waals surface area contributed by atoms with E-state index in [1.165, 1.54) is 28.0 Å². The fourth-order valence-electron chi connectivity index (χ4n) is 5.20. The summed E-state index contributed by atoms with van der Waals surface area (Å²) in [4.78, 5) is 25.0. The summed E-state index contributed by atoms with van der Waals surface area (Å²) in [7, 11) is 0. The molecule has 1 aliphatic carbocycles. The maximum Gasteiger partial charge on any atom is 0.201 e. The zero-order valence-corrected chi connectivity index (χ0v) is 18.5. The first kappa shape index (κ1) is 20.3. The largest absolute Gasteiger partial charge is 0.331 e. The highest BCUT2D eigenvalue weighted by molar-refractivity contribution is 5.92. The Morgan fingerprint density at radius 3 is 2.81 bits per heavy atom. The number of nitrogens with zero attached hydrogens (tertiary/aromatic N) is 4. The molecule has 0 saturated carbocycles. The van der Waals surface area contributed by atoms with E-state index in [2.05, 4.69) is 64.1 Å². The zero-order valence-electron chi connectivity index (χ0n) is 18.5. The molecule has 0 amide bonds. The number of hydrogen-bond donors (Lipinski definition) is 0. The van der Waals surface area contributed by atoms with E-state index in [-0.39, 0.29) is 0 Å². The Labute approximate surface area is 185 Å². The van der Waals surface area contributed by atoms with Crippen molar-refractivity contribution in [2.24, 2.45) is 4.99 Å². The van der Waals surface area contributed by atoms with Crippen molar-refractivity contribution in [2.45, 2.75) is 39.2 Å². The van der Waals surface area contributed by atoms with Crippen molar-refractivity contribution in [1.82, 2.24) is 14.7 Å². The van der Waals surface area contributed by atoms with Crippen molar-refractivity contribution in [2.75, 3.05) is 39.3 Å². The monoisotopic (exact) mass is 416 g/mol. The normalized spacial score (nSPS) is 22.0. The number of carbonyl (C=O) groups is 1. The van der Waals surface area contributed by atoms with Gasteiger partial charge < -0.3 is 9.80 Å². The van der Waals surface area contributed by atoms with E-state index in [1.54, 1.807) is 0 Å². The second-order valence-corrected chi connectivity index (χ2v) is 9.10. The van der Waals surface area contributed by atoms with Gasteiger partial charge in [0.25, 0.3) is 0 Å². The van der Waals surface area contributed by atoms with Crippen LogP contribution in [0, 0.1) is 6.92 Å². The van der Waals surface area contributed by atoms with Crippen LogP contribution in [-0.2, 0) is 11.3 Å². The average Bonchev–Trinajstić information content (AvgIpc) is 3.24. The van der Waals surface area contributed by atoms with E-state index < -0.39 is 0 Å². The van der Waals surface area contributed by atoms with E-state index >= 15 is 0 Å². The third-order valence-corrected chi connectivity index (χ3v) is 6.79. The third kappa shape index (κ3) is 4.38. The van der Waals surface area contributed by atoms with Crippen molar-refractivity contribution < 1.29 is 4.79 Å². The molecule has 4 aliphatic rings. The van der Waals surface area contributed by atoms with Crippen molar-refractivity contribution in [1.29, 1.82) is 0 Å². The molecule has 0 radical (unpaired) electrons. The van der Waals surface area contributed by atoms with Crippen LogP contribution in [0.5, 0.6) is 0 Å². The quantitative estimate of drug-likeness (QED) is 0.751. The van der Waals surface area contributed by atoms with Gasteiger partial charge in [-0.25, -0.2) is 0 Å². The highest BCUT2D eigenvalue weighted by Gasteiger charge is 2.34. The number of ketones is 1. The van der Waals surface area contributed by atoms with Crippen molar-refractivity contribution in [3.63, 3.8) is 0 Å². The molecular weight excluding hydrogens is 384 g/mol. The fraction of sp³-hybridized carbons (Fsp3) is 0.462. The summed E-state index contributed by atoms with van der Waals surface area (Å²) in [6, 6.07) is 8.45. The number of carbonyl (C=O) groups excluding carboxylic acids is 1. The molecule has 162 valence electrons. The molecule has 0 fully saturated rings. The Balaban J connectivity index is 1.37. The number of rotatable bonds is 4. The first-order valence-electron chi connectivity index (χ1n) is 11.6. The Morgan fingerprint density at radius 2 is 1.97 bits per heavy atom. The lowest BCUT2D eigenvalue weighted by molar-refractivity contribution is -0.119. The minimum atomic E-state index is 0.300. The van der Waals surface area contributed by atoms with Gasteiger partial charge in [0.1, 0.15) is 0 Å². The van der Waals surface area contributed by atoms with E-state index in [4.69, 9.17) is 4.99 Å². The van der Waals surface area contributed by atoms with Crippen LogP contribution in [-0.4, -0.2) is 65.7 Å². The fourth-order valence-corrected chi connectivity index (χ4v) is 5.20. The molecule has 0 N–H and O–H groups in total. The summed E-state index contributed by atoms with van der Waals surface area (Å²) in [6.45, 7) is 7.99. The number of fused-ring (bicyclic) bond motifs is 2. The molecule has 3 heterocycles. The molecule has 5 rings (SSSR count). The Morgan fingerprint density at radius 1 is 1.06 bits per heavy atom. The SMILES string of the molecule is Cc1ccccc1CN1CC(=O)CC2=C(CCN(CC3=CCCC=C3)C2)N2CCN=C12. The van der Waals surface area contributed by atoms with Gasteiger partial charge in [0.2, 0.25) is 5.96 Å². The van der Waals surface area contributed by atoms with Gasteiger partial charge in [-0.3, -0.25) is 14.7 Å². The lowest BCUT2D eigenvalue weighted by Gasteiger charge is -2.40. The van der Waals surface area contributed by atoms with Crippen LogP contribution < -0.4 is 0 Å². The molecule has 5 heteroatoms. The highest BCUT2D eigenvalue weighted by Crippen LogP contribution is 2.30. The van der Waals surface area contributed by atoms with Gasteiger partial charge >= 0.3 is 0 Å². The molecule has 0 atom stereocenters. The molecule has 0 aromatic heterocycles. The Kier molecular flexibility index (Phi) is 5.77. The zero-order chi connectivity index (χ0) is 21.2. The average molecular weight is 417 g/mol. The second-order valence-electron chi connectivity index (χ2n) is 9.10. The van der Waals surface area contributed by atoms with Gasteiger partial charge in [0.15, 0.2) is 5.78 Å². The molecule has 31 heavy (non-hydrogen) atoms. The molecule has 0 unspecified atom stereocenters. The van der Waals surface area contributed by atoms with Crippen LogP contribution >= 0.6 is 0 Å². The maximum atomic E-state index is 13.1. The number of Topliss-reactive ketones (excluding diaryl/α,β-unsaturated/α-hetero) is 1. The van der Waals surface area contributed by atoms with Crippen LogP contribution in [0.15, 0.2) is 64.3 Å². The summed E-state index contributed by atoms with van der Waals surface area (Å²) < 4.78 is 0.